The second-order valence-electron chi connectivity index (χ2n) is 3.65. The summed E-state index contributed by atoms with van der Waals surface area (Å²) in [5.41, 5.74) is 0.335. The van der Waals surface area contributed by atoms with E-state index in [4.69, 9.17) is 10.00 Å². The molecule has 0 aromatic heterocycles. The molecule has 1 rings (SSSR count). The third-order valence-corrected chi connectivity index (χ3v) is 2.19. The van der Waals surface area contributed by atoms with Crippen molar-refractivity contribution in [2.75, 3.05) is 6.61 Å². The van der Waals surface area contributed by atoms with Gasteiger partial charge in [0.15, 0.2) is 0 Å². The second-order valence-corrected chi connectivity index (χ2v) is 3.65. The van der Waals surface area contributed by atoms with Gasteiger partial charge in [-0.15, -0.1) is 0 Å². The van der Waals surface area contributed by atoms with E-state index in [1.54, 1.807) is 6.07 Å². The van der Waals surface area contributed by atoms with Crippen LogP contribution in [-0.2, 0) is 9.53 Å². The van der Waals surface area contributed by atoms with Crippen LogP contribution in [0, 0.1) is 21.4 Å². The number of nitro groups is 1. The van der Waals surface area contributed by atoms with E-state index in [-0.39, 0.29) is 17.9 Å². The molecule has 0 unspecified atom stereocenters. The quantitative estimate of drug-likeness (QED) is 0.266. The van der Waals surface area contributed by atoms with Crippen molar-refractivity contribution >= 4 is 17.7 Å². The van der Waals surface area contributed by atoms with E-state index in [9.17, 15) is 14.9 Å². The SMILES string of the molecule is CCCOC(=O)/C(C#N)=C/c1ccc([N+](=O)[O-])cc1. The Balaban J connectivity index is 2.89. The molecule has 19 heavy (non-hydrogen) atoms. The van der Waals surface area contributed by atoms with Gasteiger partial charge >= 0.3 is 5.97 Å². The summed E-state index contributed by atoms with van der Waals surface area (Å²) in [6.45, 7) is 2.09. The molecule has 0 radical (unpaired) electrons. The van der Waals surface area contributed by atoms with E-state index in [0.717, 1.165) is 0 Å². The minimum atomic E-state index is -0.692. The van der Waals surface area contributed by atoms with Crippen molar-refractivity contribution in [2.24, 2.45) is 0 Å². The zero-order valence-electron chi connectivity index (χ0n) is 10.3. The Labute approximate surface area is 110 Å². The summed E-state index contributed by atoms with van der Waals surface area (Å²) in [5, 5.41) is 19.4. The number of hydrogen-bond donors (Lipinski definition) is 0. The van der Waals surface area contributed by atoms with E-state index in [1.165, 1.54) is 30.3 Å². The van der Waals surface area contributed by atoms with Crippen molar-refractivity contribution in [2.45, 2.75) is 13.3 Å². The Morgan fingerprint density at radius 1 is 1.47 bits per heavy atom. The smallest absolute Gasteiger partial charge is 0.348 e. The van der Waals surface area contributed by atoms with E-state index in [2.05, 4.69) is 0 Å². The van der Waals surface area contributed by atoms with Crippen LogP contribution < -0.4 is 0 Å². The fourth-order valence-corrected chi connectivity index (χ4v) is 1.27. The maximum atomic E-state index is 11.5. The predicted molar refractivity (Wildman–Crippen MR) is 67.9 cm³/mol. The van der Waals surface area contributed by atoms with Gasteiger partial charge in [0.2, 0.25) is 0 Å². The maximum absolute atomic E-state index is 11.5. The van der Waals surface area contributed by atoms with E-state index in [1.807, 2.05) is 6.92 Å². The molecule has 6 nitrogen and oxygen atoms in total. The Bertz CT molecular complexity index is 541. The fraction of sp³-hybridized carbons (Fsp3) is 0.231. The van der Waals surface area contributed by atoms with Crippen LogP contribution in [0.4, 0.5) is 5.69 Å². The summed E-state index contributed by atoms with van der Waals surface area (Å²) in [7, 11) is 0. The number of rotatable bonds is 5. The zero-order chi connectivity index (χ0) is 14.3. The molecular formula is C13H12N2O4. The molecule has 0 aliphatic rings. The molecule has 0 heterocycles. The van der Waals surface area contributed by atoms with Crippen LogP contribution >= 0.6 is 0 Å². The first-order valence-electron chi connectivity index (χ1n) is 5.62. The normalized spacial score (nSPS) is 10.6. The number of hydrogen-bond acceptors (Lipinski definition) is 5. The molecule has 6 heteroatoms. The average molecular weight is 260 g/mol. The average Bonchev–Trinajstić information content (AvgIpc) is 2.42. The van der Waals surface area contributed by atoms with Crippen LogP contribution in [0.15, 0.2) is 29.8 Å². The Morgan fingerprint density at radius 2 is 2.11 bits per heavy atom. The number of carbonyl (C=O) groups is 1. The number of nitrogens with zero attached hydrogens (tertiary/aromatic N) is 2. The topological polar surface area (TPSA) is 93.2 Å². The summed E-state index contributed by atoms with van der Waals surface area (Å²) < 4.78 is 4.84. The van der Waals surface area contributed by atoms with Gasteiger partial charge in [0, 0.05) is 12.1 Å². The third-order valence-electron chi connectivity index (χ3n) is 2.19. The largest absolute Gasteiger partial charge is 0.462 e. The van der Waals surface area contributed by atoms with Crippen LogP contribution in [0.25, 0.3) is 6.08 Å². The summed E-state index contributed by atoms with van der Waals surface area (Å²) in [6.07, 6.45) is 2.00. The number of non-ortho nitro benzene ring substituents is 1. The molecule has 1 aromatic carbocycles. The number of benzene rings is 1. The van der Waals surface area contributed by atoms with Crippen molar-refractivity contribution in [3.05, 3.63) is 45.5 Å². The van der Waals surface area contributed by atoms with Crippen LogP contribution in [0.3, 0.4) is 0 Å². The number of carbonyl (C=O) groups excluding carboxylic acids is 1. The van der Waals surface area contributed by atoms with Gasteiger partial charge in [0.05, 0.1) is 11.5 Å². The monoisotopic (exact) mass is 260 g/mol. The first-order chi connectivity index (χ1) is 9.08. The van der Waals surface area contributed by atoms with Crippen molar-refractivity contribution < 1.29 is 14.5 Å². The lowest BCUT2D eigenvalue weighted by Crippen LogP contribution is -2.07. The zero-order valence-corrected chi connectivity index (χ0v) is 10.3. The van der Waals surface area contributed by atoms with Gasteiger partial charge in [-0.05, 0) is 30.2 Å². The van der Waals surface area contributed by atoms with Gasteiger partial charge in [-0.1, -0.05) is 6.92 Å². The molecule has 0 saturated carbocycles. The molecule has 0 saturated heterocycles. The molecule has 98 valence electrons. The summed E-state index contributed by atoms with van der Waals surface area (Å²) >= 11 is 0. The Morgan fingerprint density at radius 3 is 2.58 bits per heavy atom. The number of nitro benzene ring substituents is 1. The van der Waals surface area contributed by atoms with Crippen LogP contribution in [0.2, 0.25) is 0 Å². The fourth-order valence-electron chi connectivity index (χ4n) is 1.27. The second kappa shape index (κ2) is 6.91. The van der Waals surface area contributed by atoms with Crippen molar-refractivity contribution in [3.8, 4) is 6.07 Å². The molecule has 0 bridgehead atoms. The van der Waals surface area contributed by atoms with Gasteiger partial charge < -0.3 is 4.74 Å². The van der Waals surface area contributed by atoms with Gasteiger partial charge in [0.25, 0.3) is 5.69 Å². The number of ether oxygens (including phenoxy) is 1. The first kappa shape index (κ1) is 14.4. The molecule has 0 aliphatic carbocycles. The van der Waals surface area contributed by atoms with Crippen molar-refractivity contribution in [1.29, 1.82) is 5.26 Å². The lowest BCUT2D eigenvalue weighted by Gasteiger charge is -2.01. The van der Waals surface area contributed by atoms with Crippen LogP contribution in [-0.4, -0.2) is 17.5 Å². The van der Waals surface area contributed by atoms with Crippen molar-refractivity contribution in [1.82, 2.24) is 0 Å². The van der Waals surface area contributed by atoms with E-state index in [0.29, 0.717) is 12.0 Å². The van der Waals surface area contributed by atoms with E-state index >= 15 is 0 Å². The minimum Gasteiger partial charge on any atom is -0.462 e. The number of esters is 1. The molecule has 0 fully saturated rings. The third kappa shape index (κ3) is 4.24. The lowest BCUT2D eigenvalue weighted by atomic mass is 10.1. The van der Waals surface area contributed by atoms with Gasteiger partial charge in [0.1, 0.15) is 11.6 Å². The number of nitriles is 1. The first-order valence-corrected chi connectivity index (χ1v) is 5.62. The van der Waals surface area contributed by atoms with E-state index < -0.39 is 10.9 Å². The molecule has 0 spiro atoms. The Kier molecular flexibility index (Phi) is 5.23. The molecule has 0 amide bonds. The minimum absolute atomic E-state index is 0.0517. The summed E-state index contributed by atoms with van der Waals surface area (Å²) in [6, 6.07) is 7.28. The molecule has 0 N–H and O–H groups in total. The highest BCUT2D eigenvalue weighted by molar-refractivity contribution is 5.97. The van der Waals surface area contributed by atoms with Crippen LogP contribution in [0.1, 0.15) is 18.9 Å². The summed E-state index contributed by atoms with van der Waals surface area (Å²) in [4.78, 5) is 21.5. The highest BCUT2D eigenvalue weighted by Crippen LogP contribution is 2.14. The molecular weight excluding hydrogens is 248 g/mol. The molecule has 0 aliphatic heterocycles. The molecule has 0 atom stereocenters. The van der Waals surface area contributed by atoms with Gasteiger partial charge in [-0.25, -0.2) is 4.79 Å². The Hall–Kier alpha value is -2.68. The van der Waals surface area contributed by atoms with Gasteiger partial charge in [-0.2, -0.15) is 5.26 Å². The van der Waals surface area contributed by atoms with Gasteiger partial charge in [-0.3, -0.25) is 10.1 Å². The van der Waals surface area contributed by atoms with Crippen LogP contribution in [0.5, 0.6) is 0 Å². The highest BCUT2D eigenvalue weighted by atomic mass is 16.6. The lowest BCUT2D eigenvalue weighted by molar-refractivity contribution is -0.384. The summed E-state index contributed by atoms with van der Waals surface area (Å²) in [5.74, 6) is -0.692. The maximum Gasteiger partial charge on any atom is 0.348 e. The van der Waals surface area contributed by atoms with Crippen molar-refractivity contribution in [3.63, 3.8) is 0 Å². The standard InChI is InChI=1S/C13H12N2O4/c1-2-7-19-13(16)11(9-14)8-10-3-5-12(6-4-10)15(17)18/h3-6,8H,2,7H2,1H3/b11-8+. The predicted octanol–water partition coefficient (Wildman–Crippen LogP) is 2.45. The highest BCUT2D eigenvalue weighted by Gasteiger charge is 2.10. The molecule has 1 aromatic rings.